The molecule has 1 atom stereocenters. The van der Waals surface area contributed by atoms with Gasteiger partial charge in [0.2, 0.25) is 0 Å². The molecule has 2 fully saturated rings. The second-order valence-corrected chi connectivity index (χ2v) is 7.07. The summed E-state index contributed by atoms with van der Waals surface area (Å²) in [6.45, 7) is 2.02. The van der Waals surface area contributed by atoms with Gasteiger partial charge >= 0.3 is 6.03 Å². The van der Waals surface area contributed by atoms with Crippen molar-refractivity contribution in [2.75, 3.05) is 25.0 Å². The van der Waals surface area contributed by atoms with Gasteiger partial charge in [-0.15, -0.1) is 12.4 Å². The van der Waals surface area contributed by atoms with Crippen LogP contribution in [0, 0.1) is 0 Å². The van der Waals surface area contributed by atoms with Crippen molar-refractivity contribution in [3.63, 3.8) is 0 Å². The summed E-state index contributed by atoms with van der Waals surface area (Å²) < 4.78 is 1.94. The Balaban J connectivity index is 0.00000225. The van der Waals surface area contributed by atoms with Gasteiger partial charge in [0.15, 0.2) is 0 Å². The van der Waals surface area contributed by atoms with Gasteiger partial charge in [-0.25, -0.2) is 9.78 Å². The Labute approximate surface area is 170 Å². The van der Waals surface area contributed by atoms with Gasteiger partial charge in [0.05, 0.1) is 0 Å². The fourth-order valence-electron chi connectivity index (χ4n) is 3.35. The summed E-state index contributed by atoms with van der Waals surface area (Å²) >= 11 is 0. The maximum atomic E-state index is 13.2. The van der Waals surface area contributed by atoms with Crippen LogP contribution in [-0.4, -0.2) is 52.1 Å². The average molecular weight is 405 g/mol. The lowest BCUT2D eigenvalue weighted by Crippen LogP contribution is -2.49. The second-order valence-electron chi connectivity index (χ2n) is 7.07. The fraction of sp³-hybridized carbons (Fsp3) is 0.421. The number of halogens is 1. The lowest BCUT2D eigenvalue weighted by molar-refractivity contribution is 0.0621. The van der Waals surface area contributed by atoms with Crippen molar-refractivity contribution in [2.24, 2.45) is 7.05 Å². The van der Waals surface area contributed by atoms with E-state index in [1.165, 1.54) is 0 Å². The molecule has 2 aromatic rings. The van der Waals surface area contributed by atoms with Crippen LogP contribution in [0.5, 0.6) is 0 Å². The minimum Gasteiger partial charge on any atom is -0.336 e. The molecule has 2 heterocycles. The van der Waals surface area contributed by atoms with Crippen molar-refractivity contribution in [1.82, 2.24) is 25.1 Å². The zero-order valence-corrected chi connectivity index (χ0v) is 16.5. The first kappa shape index (κ1) is 20.2. The predicted molar refractivity (Wildman–Crippen MR) is 109 cm³/mol. The van der Waals surface area contributed by atoms with E-state index < -0.39 is 0 Å². The monoisotopic (exact) mass is 404 g/mol. The zero-order chi connectivity index (χ0) is 18.8. The summed E-state index contributed by atoms with van der Waals surface area (Å²) in [5, 5.41) is 9.03. The quantitative estimate of drug-likeness (QED) is 0.726. The molecule has 8 nitrogen and oxygen atoms in total. The number of anilines is 1. The summed E-state index contributed by atoms with van der Waals surface area (Å²) in [6, 6.07) is 7.02. The van der Waals surface area contributed by atoms with E-state index in [1.54, 1.807) is 30.5 Å². The largest absolute Gasteiger partial charge is 0.336 e. The van der Waals surface area contributed by atoms with Crippen LogP contribution in [0.1, 0.15) is 35.1 Å². The highest BCUT2D eigenvalue weighted by Gasteiger charge is 2.31. The minimum absolute atomic E-state index is 0. The normalized spacial score (nSPS) is 18.9. The summed E-state index contributed by atoms with van der Waals surface area (Å²) in [6.07, 6.45) is 5.69. The van der Waals surface area contributed by atoms with Crippen LogP contribution >= 0.6 is 12.4 Å². The Morgan fingerprint density at radius 2 is 2.11 bits per heavy atom. The summed E-state index contributed by atoms with van der Waals surface area (Å²) in [4.78, 5) is 31.4. The van der Waals surface area contributed by atoms with Gasteiger partial charge in [-0.1, -0.05) is 6.07 Å². The number of piperazine rings is 1. The molecule has 3 amide bonds. The molecule has 1 saturated carbocycles. The SMILES string of the molecule is Cl.Cn1ccnc1C1CNCCN1C(=O)c1cccc(NC(=O)NC2CC2)c1. The number of aryl methyl sites for hydroxylation is 1. The van der Waals surface area contributed by atoms with Gasteiger partial charge in [0, 0.05) is 56.4 Å². The highest BCUT2D eigenvalue weighted by Crippen LogP contribution is 2.24. The number of hydrogen-bond donors (Lipinski definition) is 3. The molecular weight excluding hydrogens is 380 g/mol. The van der Waals surface area contributed by atoms with Gasteiger partial charge < -0.3 is 25.4 Å². The van der Waals surface area contributed by atoms with E-state index in [0.29, 0.717) is 24.3 Å². The van der Waals surface area contributed by atoms with E-state index in [-0.39, 0.29) is 36.4 Å². The zero-order valence-electron chi connectivity index (χ0n) is 15.7. The maximum absolute atomic E-state index is 13.2. The Morgan fingerprint density at radius 1 is 1.29 bits per heavy atom. The number of carbonyl (C=O) groups is 2. The standard InChI is InChI=1S/C19H24N6O2.ClH/c1-24-9-8-21-17(24)16-12-20-7-10-25(16)18(26)13-3-2-4-15(11-13)23-19(27)22-14-5-6-14;/h2-4,8-9,11,14,16,20H,5-7,10,12H2,1H3,(H2,22,23,27);1H. The Morgan fingerprint density at radius 3 is 2.82 bits per heavy atom. The van der Waals surface area contributed by atoms with E-state index in [9.17, 15) is 9.59 Å². The molecule has 0 spiro atoms. The topological polar surface area (TPSA) is 91.3 Å². The van der Waals surface area contributed by atoms with Crippen LogP contribution in [0.15, 0.2) is 36.7 Å². The molecule has 9 heteroatoms. The van der Waals surface area contributed by atoms with Crippen molar-refractivity contribution < 1.29 is 9.59 Å². The number of aromatic nitrogens is 2. The van der Waals surface area contributed by atoms with Crippen molar-refractivity contribution in [3.8, 4) is 0 Å². The predicted octanol–water partition coefficient (Wildman–Crippen LogP) is 1.91. The Bertz CT molecular complexity index is 850. The first-order chi connectivity index (χ1) is 13.1. The van der Waals surface area contributed by atoms with E-state index >= 15 is 0 Å². The number of benzene rings is 1. The summed E-state index contributed by atoms with van der Waals surface area (Å²) in [7, 11) is 1.93. The molecule has 3 N–H and O–H groups in total. The van der Waals surface area contributed by atoms with E-state index in [4.69, 9.17) is 0 Å². The minimum atomic E-state index is -0.227. The third-order valence-corrected chi connectivity index (χ3v) is 4.94. The van der Waals surface area contributed by atoms with Gasteiger partial charge in [0.25, 0.3) is 5.91 Å². The summed E-state index contributed by atoms with van der Waals surface area (Å²) in [5.41, 5.74) is 1.17. The van der Waals surface area contributed by atoms with Crippen LogP contribution in [-0.2, 0) is 7.05 Å². The average Bonchev–Trinajstić information content (AvgIpc) is 3.38. The first-order valence-corrected chi connectivity index (χ1v) is 9.28. The Hall–Kier alpha value is -2.58. The lowest BCUT2D eigenvalue weighted by atomic mass is 10.1. The molecule has 0 radical (unpaired) electrons. The number of nitrogens with zero attached hydrogens (tertiary/aromatic N) is 3. The molecule has 1 aromatic heterocycles. The lowest BCUT2D eigenvalue weighted by Gasteiger charge is -2.35. The molecule has 1 saturated heterocycles. The molecular formula is C19H25ClN6O2. The maximum Gasteiger partial charge on any atom is 0.319 e. The molecule has 150 valence electrons. The number of imidazole rings is 1. The van der Waals surface area contributed by atoms with Gasteiger partial charge in [-0.3, -0.25) is 4.79 Å². The van der Waals surface area contributed by atoms with Crippen molar-refractivity contribution in [1.29, 1.82) is 0 Å². The van der Waals surface area contributed by atoms with Crippen LogP contribution in [0.4, 0.5) is 10.5 Å². The number of urea groups is 1. The highest BCUT2D eigenvalue weighted by molar-refractivity contribution is 5.97. The van der Waals surface area contributed by atoms with Crippen LogP contribution < -0.4 is 16.0 Å². The molecule has 2 aliphatic rings. The smallest absolute Gasteiger partial charge is 0.319 e. The molecule has 4 rings (SSSR count). The fourth-order valence-corrected chi connectivity index (χ4v) is 3.35. The first-order valence-electron chi connectivity index (χ1n) is 9.28. The number of hydrogen-bond acceptors (Lipinski definition) is 4. The number of rotatable bonds is 4. The van der Waals surface area contributed by atoms with Gasteiger partial charge in [-0.2, -0.15) is 0 Å². The third-order valence-electron chi connectivity index (χ3n) is 4.94. The van der Waals surface area contributed by atoms with Crippen molar-refractivity contribution in [3.05, 3.63) is 48.0 Å². The van der Waals surface area contributed by atoms with Crippen LogP contribution in [0.25, 0.3) is 0 Å². The van der Waals surface area contributed by atoms with E-state index in [0.717, 1.165) is 25.2 Å². The van der Waals surface area contributed by atoms with Gasteiger partial charge in [0.1, 0.15) is 11.9 Å². The molecule has 0 bridgehead atoms. The summed E-state index contributed by atoms with van der Waals surface area (Å²) in [5.74, 6) is 0.796. The van der Waals surface area contributed by atoms with E-state index in [1.807, 2.05) is 22.7 Å². The third kappa shape index (κ3) is 4.45. The van der Waals surface area contributed by atoms with Crippen molar-refractivity contribution in [2.45, 2.75) is 24.9 Å². The van der Waals surface area contributed by atoms with E-state index in [2.05, 4.69) is 20.9 Å². The van der Waals surface area contributed by atoms with Crippen LogP contribution in [0.3, 0.4) is 0 Å². The molecule has 28 heavy (non-hydrogen) atoms. The van der Waals surface area contributed by atoms with Crippen LogP contribution in [0.2, 0.25) is 0 Å². The Kier molecular flexibility index (Phi) is 6.21. The highest BCUT2D eigenvalue weighted by atomic mass is 35.5. The number of carbonyl (C=O) groups excluding carboxylic acids is 2. The second kappa shape index (κ2) is 8.62. The molecule has 1 aromatic carbocycles. The molecule has 1 aliphatic heterocycles. The molecule has 1 aliphatic carbocycles. The number of nitrogens with one attached hydrogen (secondary N) is 3. The van der Waals surface area contributed by atoms with Gasteiger partial charge in [-0.05, 0) is 31.0 Å². The number of amides is 3. The van der Waals surface area contributed by atoms with Crippen molar-refractivity contribution >= 4 is 30.0 Å². The molecule has 1 unspecified atom stereocenters.